The van der Waals surface area contributed by atoms with Crippen molar-refractivity contribution in [3.8, 4) is 0 Å². The van der Waals surface area contributed by atoms with Gasteiger partial charge in [-0.1, -0.05) is 0 Å². The number of aromatic nitrogens is 2. The Morgan fingerprint density at radius 2 is 2.14 bits per heavy atom. The minimum absolute atomic E-state index is 0.0668. The molecule has 0 bridgehead atoms. The van der Waals surface area contributed by atoms with Crippen molar-refractivity contribution in [2.45, 2.75) is 31.7 Å². The molecule has 1 atom stereocenters. The molecule has 0 aliphatic carbocycles. The maximum Gasteiger partial charge on any atom is 0.433 e. The molecular weight excluding hydrogens is 311 g/mol. The number of aliphatic hydroxyl groups excluding tert-OH is 1. The zero-order valence-corrected chi connectivity index (χ0v) is 12.2. The Bertz CT molecular complexity index is 525. The van der Waals surface area contributed by atoms with E-state index in [0.717, 1.165) is 6.07 Å². The van der Waals surface area contributed by atoms with Crippen LogP contribution in [-0.4, -0.2) is 46.5 Å². The molecule has 1 aromatic heterocycles. The highest BCUT2D eigenvalue weighted by atomic mass is 35.5. The van der Waals surface area contributed by atoms with Gasteiger partial charge in [-0.05, 0) is 25.4 Å². The van der Waals surface area contributed by atoms with Gasteiger partial charge in [-0.3, -0.25) is 0 Å². The van der Waals surface area contributed by atoms with Gasteiger partial charge >= 0.3 is 6.18 Å². The molecule has 0 amide bonds. The van der Waals surface area contributed by atoms with Crippen LogP contribution < -0.4 is 4.90 Å². The molecule has 0 radical (unpaired) electrons. The van der Waals surface area contributed by atoms with Gasteiger partial charge in [0.15, 0.2) is 5.69 Å². The monoisotopic (exact) mass is 325 g/mol. The van der Waals surface area contributed by atoms with Crippen LogP contribution in [-0.2, 0) is 10.9 Å². The number of alkyl halides is 3. The second-order valence-electron chi connectivity index (χ2n) is 5.44. The third-order valence-corrected chi connectivity index (χ3v) is 3.15. The largest absolute Gasteiger partial charge is 0.433 e. The summed E-state index contributed by atoms with van der Waals surface area (Å²) in [6, 6.07) is 0.849. The Kier molecular flexibility index (Phi) is 4.32. The van der Waals surface area contributed by atoms with Crippen molar-refractivity contribution in [2.75, 3.05) is 24.6 Å². The Hall–Kier alpha value is -1.12. The summed E-state index contributed by atoms with van der Waals surface area (Å²) in [6.07, 6.45) is -5.10. The molecule has 0 saturated carbocycles. The fraction of sp³-hybridized carbons (Fsp3) is 0.667. The van der Waals surface area contributed by atoms with Crippen LogP contribution in [0.2, 0.25) is 5.28 Å². The molecule has 9 heteroatoms. The van der Waals surface area contributed by atoms with Crippen LogP contribution >= 0.6 is 11.6 Å². The number of anilines is 1. The fourth-order valence-electron chi connectivity index (χ4n) is 2.28. The predicted octanol–water partition coefficient (Wildman–Crippen LogP) is 2.12. The summed E-state index contributed by atoms with van der Waals surface area (Å²) in [5, 5.41) is 8.77. The minimum Gasteiger partial charge on any atom is -0.394 e. The molecule has 118 valence electrons. The van der Waals surface area contributed by atoms with E-state index >= 15 is 0 Å². The van der Waals surface area contributed by atoms with Crippen molar-refractivity contribution in [1.29, 1.82) is 0 Å². The van der Waals surface area contributed by atoms with Crippen LogP contribution in [0.3, 0.4) is 0 Å². The summed E-state index contributed by atoms with van der Waals surface area (Å²) in [4.78, 5) is 8.65. The molecule has 1 saturated heterocycles. The average molecular weight is 326 g/mol. The maximum absolute atomic E-state index is 12.8. The molecule has 1 unspecified atom stereocenters. The van der Waals surface area contributed by atoms with Crippen molar-refractivity contribution in [1.82, 2.24) is 9.97 Å². The van der Waals surface area contributed by atoms with Crippen LogP contribution in [0, 0.1) is 0 Å². The van der Waals surface area contributed by atoms with Gasteiger partial charge in [0.25, 0.3) is 0 Å². The highest BCUT2D eigenvalue weighted by Crippen LogP contribution is 2.32. The number of hydrogen-bond donors (Lipinski definition) is 1. The second kappa shape index (κ2) is 5.58. The van der Waals surface area contributed by atoms with Gasteiger partial charge in [-0.2, -0.15) is 13.2 Å². The van der Waals surface area contributed by atoms with Gasteiger partial charge in [0, 0.05) is 19.2 Å². The first kappa shape index (κ1) is 16.3. The second-order valence-corrected chi connectivity index (χ2v) is 5.78. The summed E-state index contributed by atoms with van der Waals surface area (Å²) in [7, 11) is 0. The van der Waals surface area contributed by atoms with Gasteiger partial charge < -0.3 is 14.7 Å². The molecule has 2 heterocycles. The van der Waals surface area contributed by atoms with E-state index in [1.54, 1.807) is 18.7 Å². The molecule has 1 fully saturated rings. The first-order valence-corrected chi connectivity index (χ1v) is 6.64. The number of ether oxygens (including phenoxy) is 1. The van der Waals surface area contributed by atoms with Crippen molar-refractivity contribution >= 4 is 17.4 Å². The number of halogens is 4. The molecule has 2 rings (SSSR count). The zero-order chi connectivity index (χ0) is 15.8. The first-order valence-electron chi connectivity index (χ1n) is 6.26. The lowest BCUT2D eigenvalue weighted by Crippen LogP contribution is -2.54. The van der Waals surface area contributed by atoms with Gasteiger partial charge in [0.1, 0.15) is 5.82 Å². The van der Waals surface area contributed by atoms with Crippen molar-refractivity contribution < 1.29 is 23.0 Å². The summed E-state index contributed by atoms with van der Waals surface area (Å²) >= 11 is 5.59. The van der Waals surface area contributed by atoms with Crippen LogP contribution in [0.4, 0.5) is 19.0 Å². The van der Waals surface area contributed by atoms with E-state index in [4.69, 9.17) is 16.3 Å². The molecule has 1 aromatic rings. The zero-order valence-electron chi connectivity index (χ0n) is 11.5. The van der Waals surface area contributed by atoms with E-state index in [1.807, 2.05) is 0 Å². The maximum atomic E-state index is 12.8. The van der Waals surface area contributed by atoms with Crippen LogP contribution in [0.15, 0.2) is 6.07 Å². The standard InChI is InChI=1S/C12H15ClF3N3O2/c1-11(2)6-19(4-7(5-20)21-11)9-3-8(12(14,15)16)17-10(13)18-9/h3,7,20H,4-6H2,1-2H3. The quantitative estimate of drug-likeness (QED) is 0.844. The van der Waals surface area contributed by atoms with E-state index in [2.05, 4.69) is 9.97 Å². The normalized spacial score (nSPS) is 22.4. The Morgan fingerprint density at radius 1 is 1.48 bits per heavy atom. The number of morpholine rings is 1. The van der Waals surface area contributed by atoms with Gasteiger partial charge in [0.05, 0.1) is 18.3 Å². The number of rotatable bonds is 2. The summed E-state index contributed by atoms with van der Waals surface area (Å²) in [6.45, 7) is 3.90. The summed E-state index contributed by atoms with van der Waals surface area (Å²) in [5.74, 6) is 0.0668. The third kappa shape index (κ3) is 3.96. The molecule has 1 aliphatic heterocycles. The van der Waals surface area contributed by atoms with Crippen molar-refractivity contribution in [3.05, 3.63) is 17.0 Å². The van der Waals surface area contributed by atoms with E-state index in [9.17, 15) is 18.3 Å². The van der Waals surface area contributed by atoms with Gasteiger partial charge in [0.2, 0.25) is 5.28 Å². The van der Waals surface area contributed by atoms with E-state index < -0.39 is 28.9 Å². The Labute approximate surface area is 124 Å². The van der Waals surface area contributed by atoms with E-state index in [1.165, 1.54) is 0 Å². The Morgan fingerprint density at radius 3 is 2.71 bits per heavy atom. The molecular formula is C12H15ClF3N3O2. The smallest absolute Gasteiger partial charge is 0.394 e. The molecule has 21 heavy (non-hydrogen) atoms. The SMILES string of the molecule is CC1(C)CN(c2cc(C(F)(F)F)nc(Cl)n2)CC(CO)O1. The van der Waals surface area contributed by atoms with Crippen molar-refractivity contribution in [3.63, 3.8) is 0 Å². The fourth-order valence-corrected chi connectivity index (χ4v) is 2.46. The molecule has 5 nitrogen and oxygen atoms in total. The minimum atomic E-state index is -4.60. The number of hydrogen-bond acceptors (Lipinski definition) is 5. The third-order valence-electron chi connectivity index (χ3n) is 2.98. The lowest BCUT2D eigenvalue weighted by molar-refractivity contribution is -0.141. The topological polar surface area (TPSA) is 58.5 Å². The van der Waals surface area contributed by atoms with Crippen LogP contribution in [0.25, 0.3) is 0 Å². The van der Waals surface area contributed by atoms with E-state index in [-0.39, 0.29) is 19.0 Å². The molecule has 0 aromatic carbocycles. The molecule has 1 N–H and O–H groups in total. The van der Waals surface area contributed by atoms with Crippen molar-refractivity contribution in [2.24, 2.45) is 0 Å². The highest BCUT2D eigenvalue weighted by Gasteiger charge is 2.37. The summed E-state index contributed by atoms with van der Waals surface area (Å²) < 4.78 is 43.9. The van der Waals surface area contributed by atoms with Crippen LogP contribution in [0.5, 0.6) is 0 Å². The lowest BCUT2D eigenvalue weighted by atomic mass is 10.1. The first-order chi connectivity index (χ1) is 9.60. The van der Waals surface area contributed by atoms with Crippen LogP contribution in [0.1, 0.15) is 19.5 Å². The van der Waals surface area contributed by atoms with E-state index in [0.29, 0.717) is 6.54 Å². The van der Waals surface area contributed by atoms with Gasteiger partial charge in [-0.15, -0.1) is 0 Å². The van der Waals surface area contributed by atoms with Gasteiger partial charge in [-0.25, -0.2) is 9.97 Å². The predicted molar refractivity (Wildman–Crippen MR) is 70.3 cm³/mol. The molecule has 0 spiro atoms. The number of nitrogens with zero attached hydrogens (tertiary/aromatic N) is 3. The lowest BCUT2D eigenvalue weighted by Gasteiger charge is -2.42. The highest BCUT2D eigenvalue weighted by molar-refractivity contribution is 6.28. The number of aliphatic hydroxyl groups is 1. The summed E-state index contributed by atoms with van der Waals surface area (Å²) in [5.41, 5.74) is -1.72. The molecule has 1 aliphatic rings. The Balaban J connectivity index is 2.34. The average Bonchev–Trinajstić information content (AvgIpc) is 2.35.